The van der Waals surface area contributed by atoms with Crippen LogP contribution < -0.4 is 15.4 Å². The SMILES string of the molecule is CN(C)CCNc1nc(NCc2cccnc2)cc(-c2cccc(OC(F)(F)F)c2)n1. The molecule has 1 aromatic carbocycles. The van der Waals surface area contributed by atoms with Crippen molar-refractivity contribution in [3.63, 3.8) is 0 Å². The fourth-order valence-electron chi connectivity index (χ4n) is 2.70. The molecule has 3 aromatic rings. The molecular formula is C21H23F3N6O. The van der Waals surface area contributed by atoms with E-state index in [0.29, 0.717) is 36.1 Å². The van der Waals surface area contributed by atoms with E-state index in [1.54, 1.807) is 24.5 Å². The summed E-state index contributed by atoms with van der Waals surface area (Å²) < 4.78 is 41.8. The van der Waals surface area contributed by atoms with E-state index in [0.717, 1.165) is 12.1 Å². The van der Waals surface area contributed by atoms with Crippen LogP contribution in [0.5, 0.6) is 5.75 Å². The number of ether oxygens (including phenoxy) is 1. The number of anilines is 2. The van der Waals surface area contributed by atoms with Crippen LogP contribution in [-0.2, 0) is 6.54 Å². The average Bonchev–Trinajstić information content (AvgIpc) is 2.72. The molecule has 0 aliphatic rings. The molecule has 0 radical (unpaired) electrons. The molecular weight excluding hydrogens is 409 g/mol. The van der Waals surface area contributed by atoms with Crippen molar-refractivity contribution < 1.29 is 17.9 Å². The lowest BCUT2D eigenvalue weighted by atomic mass is 10.1. The van der Waals surface area contributed by atoms with Crippen molar-refractivity contribution in [1.29, 1.82) is 0 Å². The lowest BCUT2D eigenvalue weighted by molar-refractivity contribution is -0.274. The van der Waals surface area contributed by atoms with Gasteiger partial charge in [-0.2, -0.15) is 4.98 Å². The fourth-order valence-corrected chi connectivity index (χ4v) is 2.70. The number of aromatic nitrogens is 3. The first kappa shape index (κ1) is 22.3. The van der Waals surface area contributed by atoms with E-state index < -0.39 is 6.36 Å². The maximum atomic E-state index is 12.6. The third-order valence-corrected chi connectivity index (χ3v) is 4.13. The van der Waals surface area contributed by atoms with Crippen LogP contribution in [0.4, 0.5) is 24.9 Å². The van der Waals surface area contributed by atoms with Gasteiger partial charge in [0.05, 0.1) is 5.69 Å². The molecule has 0 saturated carbocycles. The quantitative estimate of drug-likeness (QED) is 0.529. The highest BCUT2D eigenvalue weighted by molar-refractivity contribution is 5.66. The molecule has 0 bridgehead atoms. The van der Waals surface area contributed by atoms with Crippen LogP contribution in [-0.4, -0.2) is 53.4 Å². The van der Waals surface area contributed by atoms with Crippen LogP contribution >= 0.6 is 0 Å². The molecule has 164 valence electrons. The molecule has 2 N–H and O–H groups in total. The molecule has 0 aliphatic heterocycles. The maximum absolute atomic E-state index is 12.6. The molecule has 0 spiro atoms. The second-order valence-electron chi connectivity index (χ2n) is 6.98. The third-order valence-electron chi connectivity index (χ3n) is 4.13. The Morgan fingerprint density at radius 2 is 1.87 bits per heavy atom. The van der Waals surface area contributed by atoms with Gasteiger partial charge in [-0.05, 0) is 37.9 Å². The van der Waals surface area contributed by atoms with E-state index in [9.17, 15) is 13.2 Å². The number of hydrogen-bond donors (Lipinski definition) is 2. The number of nitrogens with one attached hydrogen (secondary N) is 2. The van der Waals surface area contributed by atoms with Crippen molar-refractivity contribution in [2.45, 2.75) is 12.9 Å². The second-order valence-corrected chi connectivity index (χ2v) is 6.98. The lowest BCUT2D eigenvalue weighted by Crippen LogP contribution is -2.21. The van der Waals surface area contributed by atoms with Crippen molar-refractivity contribution in [3.05, 3.63) is 60.4 Å². The largest absolute Gasteiger partial charge is 0.573 e. The summed E-state index contributed by atoms with van der Waals surface area (Å²) in [4.78, 5) is 15.0. The number of alkyl halides is 3. The van der Waals surface area contributed by atoms with E-state index in [-0.39, 0.29) is 5.75 Å². The van der Waals surface area contributed by atoms with E-state index >= 15 is 0 Å². The molecule has 0 unspecified atom stereocenters. The highest BCUT2D eigenvalue weighted by Crippen LogP contribution is 2.28. The number of pyridine rings is 1. The van der Waals surface area contributed by atoms with Crippen LogP contribution in [0.2, 0.25) is 0 Å². The predicted molar refractivity (Wildman–Crippen MR) is 113 cm³/mol. The maximum Gasteiger partial charge on any atom is 0.573 e. The fraction of sp³-hybridized carbons (Fsp3) is 0.286. The zero-order valence-corrected chi connectivity index (χ0v) is 17.1. The first-order valence-corrected chi connectivity index (χ1v) is 9.55. The minimum Gasteiger partial charge on any atom is -0.406 e. The monoisotopic (exact) mass is 432 g/mol. The molecule has 2 aromatic heterocycles. The topological polar surface area (TPSA) is 75.2 Å². The summed E-state index contributed by atoms with van der Waals surface area (Å²) in [6, 6.07) is 11.1. The van der Waals surface area contributed by atoms with Gasteiger partial charge in [-0.15, -0.1) is 13.2 Å². The Kier molecular flexibility index (Phi) is 7.24. The van der Waals surface area contributed by atoms with Crippen LogP contribution in [0.25, 0.3) is 11.3 Å². The Hall–Kier alpha value is -3.40. The van der Waals surface area contributed by atoms with E-state index in [1.807, 2.05) is 31.1 Å². The van der Waals surface area contributed by atoms with Crippen molar-refractivity contribution in [2.24, 2.45) is 0 Å². The van der Waals surface area contributed by atoms with Gasteiger partial charge in [-0.3, -0.25) is 4.98 Å². The Balaban J connectivity index is 1.86. The van der Waals surface area contributed by atoms with Gasteiger partial charge in [0, 0.05) is 43.7 Å². The molecule has 0 aliphatic carbocycles. The lowest BCUT2D eigenvalue weighted by Gasteiger charge is -2.14. The molecule has 0 atom stereocenters. The van der Waals surface area contributed by atoms with Gasteiger partial charge in [0.2, 0.25) is 5.95 Å². The van der Waals surface area contributed by atoms with Crippen molar-refractivity contribution in [1.82, 2.24) is 19.9 Å². The molecule has 0 amide bonds. The minimum atomic E-state index is -4.76. The van der Waals surface area contributed by atoms with Crippen LogP contribution in [0.1, 0.15) is 5.56 Å². The van der Waals surface area contributed by atoms with Gasteiger partial charge in [0.25, 0.3) is 0 Å². The zero-order valence-electron chi connectivity index (χ0n) is 17.1. The van der Waals surface area contributed by atoms with Crippen molar-refractivity contribution in [3.8, 4) is 17.0 Å². The third kappa shape index (κ3) is 7.41. The molecule has 2 heterocycles. The molecule has 0 saturated heterocycles. The van der Waals surface area contributed by atoms with Gasteiger partial charge < -0.3 is 20.3 Å². The normalized spacial score (nSPS) is 11.4. The highest BCUT2D eigenvalue weighted by Gasteiger charge is 2.31. The average molecular weight is 432 g/mol. The first-order valence-electron chi connectivity index (χ1n) is 9.55. The van der Waals surface area contributed by atoms with E-state index in [1.165, 1.54) is 18.2 Å². The zero-order chi connectivity index (χ0) is 22.3. The minimum absolute atomic E-state index is 0.310. The smallest absolute Gasteiger partial charge is 0.406 e. The van der Waals surface area contributed by atoms with Crippen LogP contribution in [0.3, 0.4) is 0 Å². The summed E-state index contributed by atoms with van der Waals surface area (Å²) in [6.45, 7) is 1.86. The summed E-state index contributed by atoms with van der Waals surface area (Å²) in [6.07, 6.45) is -1.34. The Bertz CT molecular complexity index is 982. The van der Waals surface area contributed by atoms with Gasteiger partial charge in [-0.1, -0.05) is 18.2 Å². The number of hydrogen-bond acceptors (Lipinski definition) is 7. The number of likely N-dealkylation sites (N-methyl/N-ethyl adjacent to an activating group) is 1. The molecule has 3 rings (SSSR count). The first-order chi connectivity index (χ1) is 14.8. The standard InChI is InChI=1S/C21H23F3N6O/c1-30(2)10-9-26-20-28-18(16-6-3-7-17(11-16)31-21(22,23)24)12-19(29-20)27-14-15-5-4-8-25-13-15/h3-8,11-13H,9-10,14H2,1-2H3,(H2,26,27,28,29). The molecule has 0 fully saturated rings. The van der Waals surface area contributed by atoms with Crippen LogP contribution in [0.15, 0.2) is 54.9 Å². The van der Waals surface area contributed by atoms with Crippen LogP contribution in [0, 0.1) is 0 Å². The summed E-state index contributed by atoms with van der Waals surface area (Å²) in [7, 11) is 3.90. The highest BCUT2D eigenvalue weighted by atomic mass is 19.4. The van der Waals surface area contributed by atoms with Gasteiger partial charge in [-0.25, -0.2) is 4.98 Å². The summed E-state index contributed by atoms with van der Waals surface area (Å²) >= 11 is 0. The van der Waals surface area contributed by atoms with Gasteiger partial charge in [0.15, 0.2) is 0 Å². The number of nitrogens with zero attached hydrogens (tertiary/aromatic N) is 4. The molecule has 7 nitrogen and oxygen atoms in total. The Labute approximate surface area is 178 Å². The predicted octanol–water partition coefficient (Wildman–Crippen LogP) is 4.02. The van der Waals surface area contributed by atoms with Crippen molar-refractivity contribution in [2.75, 3.05) is 37.8 Å². The van der Waals surface area contributed by atoms with Crippen molar-refractivity contribution >= 4 is 11.8 Å². The van der Waals surface area contributed by atoms with Gasteiger partial charge in [0.1, 0.15) is 11.6 Å². The summed E-state index contributed by atoms with van der Waals surface area (Å²) in [5, 5.41) is 6.36. The summed E-state index contributed by atoms with van der Waals surface area (Å²) in [5.74, 6) is 0.592. The Morgan fingerprint density at radius 1 is 1.03 bits per heavy atom. The molecule has 10 heteroatoms. The molecule has 31 heavy (non-hydrogen) atoms. The second kappa shape index (κ2) is 10.1. The van der Waals surface area contributed by atoms with E-state index in [2.05, 4.69) is 30.3 Å². The van der Waals surface area contributed by atoms with E-state index in [4.69, 9.17) is 0 Å². The number of benzene rings is 1. The van der Waals surface area contributed by atoms with Gasteiger partial charge >= 0.3 is 6.36 Å². The Morgan fingerprint density at radius 3 is 2.58 bits per heavy atom. The number of halogens is 3. The number of rotatable bonds is 9. The summed E-state index contributed by atoms with van der Waals surface area (Å²) in [5.41, 5.74) is 1.90.